The monoisotopic (exact) mass is 347 g/mol. The van der Waals surface area contributed by atoms with Crippen LogP contribution in [0.4, 0.5) is 8.78 Å². The molecule has 120 valence electrons. The van der Waals surface area contributed by atoms with Gasteiger partial charge in [0.1, 0.15) is 22.3 Å². The van der Waals surface area contributed by atoms with Crippen LogP contribution in [0.2, 0.25) is 0 Å². The number of nitrogens with zero attached hydrogens (tertiary/aromatic N) is 2. The van der Waals surface area contributed by atoms with E-state index in [1.54, 1.807) is 12.3 Å². The lowest BCUT2D eigenvalue weighted by Gasteiger charge is -2.25. The quantitative estimate of drug-likeness (QED) is 0.924. The third kappa shape index (κ3) is 3.79. The van der Waals surface area contributed by atoms with E-state index in [4.69, 9.17) is 5.73 Å². The standard InChI is InChI=1S/C14H15F2N3OS.ClH/c1-8(10-5-9(15)3-4-11(10)16)19(2)14(20)12-7-21-13(6-17)18-12;/h3-5,7-8H,6,17H2,1-2H3;1H. The molecule has 1 atom stereocenters. The minimum absolute atomic E-state index is 0. The Morgan fingerprint density at radius 3 is 2.73 bits per heavy atom. The number of benzene rings is 1. The van der Waals surface area contributed by atoms with E-state index < -0.39 is 17.7 Å². The summed E-state index contributed by atoms with van der Waals surface area (Å²) >= 11 is 1.29. The van der Waals surface area contributed by atoms with Gasteiger partial charge in [-0.05, 0) is 25.1 Å². The first kappa shape index (κ1) is 18.5. The number of carbonyl (C=O) groups excluding carboxylic acids is 1. The Labute approximate surface area is 137 Å². The summed E-state index contributed by atoms with van der Waals surface area (Å²) in [6.45, 7) is 1.89. The number of aromatic nitrogens is 1. The molecule has 0 radical (unpaired) electrons. The molecule has 4 nitrogen and oxygen atoms in total. The molecule has 2 rings (SSSR count). The van der Waals surface area contributed by atoms with E-state index in [1.165, 1.54) is 23.3 Å². The number of thiazole rings is 1. The summed E-state index contributed by atoms with van der Waals surface area (Å²) in [5.41, 5.74) is 5.84. The summed E-state index contributed by atoms with van der Waals surface area (Å²) in [4.78, 5) is 17.7. The summed E-state index contributed by atoms with van der Waals surface area (Å²) in [6.07, 6.45) is 0. The van der Waals surface area contributed by atoms with Crippen molar-refractivity contribution in [1.82, 2.24) is 9.88 Å². The molecule has 0 aliphatic carbocycles. The van der Waals surface area contributed by atoms with E-state index in [9.17, 15) is 13.6 Å². The number of amides is 1. The first-order chi connectivity index (χ1) is 9.93. The van der Waals surface area contributed by atoms with Crippen LogP contribution < -0.4 is 5.73 Å². The Morgan fingerprint density at radius 2 is 2.14 bits per heavy atom. The predicted molar refractivity (Wildman–Crippen MR) is 84.1 cm³/mol. The van der Waals surface area contributed by atoms with Crippen molar-refractivity contribution in [2.24, 2.45) is 5.73 Å². The maximum absolute atomic E-state index is 13.8. The first-order valence-corrected chi connectivity index (χ1v) is 7.18. The van der Waals surface area contributed by atoms with E-state index in [1.807, 2.05) is 0 Å². The highest BCUT2D eigenvalue weighted by Gasteiger charge is 2.23. The molecule has 0 aliphatic heterocycles. The third-order valence-corrected chi connectivity index (χ3v) is 4.13. The number of hydrogen-bond acceptors (Lipinski definition) is 4. The molecule has 8 heteroatoms. The number of rotatable bonds is 4. The highest BCUT2D eigenvalue weighted by Crippen LogP contribution is 2.24. The van der Waals surface area contributed by atoms with Gasteiger partial charge < -0.3 is 10.6 Å². The second kappa shape index (κ2) is 7.62. The van der Waals surface area contributed by atoms with Gasteiger partial charge in [0.15, 0.2) is 0 Å². The fraction of sp³-hybridized carbons (Fsp3) is 0.286. The molecule has 1 amide bonds. The van der Waals surface area contributed by atoms with Crippen molar-refractivity contribution in [3.05, 3.63) is 51.5 Å². The van der Waals surface area contributed by atoms with Crippen molar-refractivity contribution in [2.75, 3.05) is 7.05 Å². The van der Waals surface area contributed by atoms with E-state index in [0.29, 0.717) is 5.01 Å². The van der Waals surface area contributed by atoms with Gasteiger partial charge in [-0.15, -0.1) is 23.7 Å². The highest BCUT2D eigenvalue weighted by atomic mass is 35.5. The smallest absolute Gasteiger partial charge is 0.273 e. The van der Waals surface area contributed by atoms with Crippen LogP contribution in [0.25, 0.3) is 0 Å². The largest absolute Gasteiger partial charge is 0.333 e. The molecular formula is C14H16ClF2N3OS. The molecule has 2 N–H and O–H groups in total. The lowest BCUT2D eigenvalue weighted by molar-refractivity contribution is 0.0735. The summed E-state index contributed by atoms with van der Waals surface area (Å²) in [5.74, 6) is -1.45. The van der Waals surface area contributed by atoms with Gasteiger partial charge in [-0.3, -0.25) is 4.79 Å². The van der Waals surface area contributed by atoms with Crippen molar-refractivity contribution >= 4 is 29.7 Å². The summed E-state index contributed by atoms with van der Waals surface area (Å²) in [7, 11) is 1.53. The molecule has 0 spiro atoms. The maximum Gasteiger partial charge on any atom is 0.273 e. The van der Waals surface area contributed by atoms with Crippen LogP contribution in [0.15, 0.2) is 23.6 Å². The second-order valence-electron chi connectivity index (χ2n) is 4.59. The highest BCUT2D eigenvalue weighted by molar-refractivity contribution is 7.09. The zero-order valence-corrected chi connectivity index (χ0v) is 13.7. The van der Waals surface area contributed by atoms with Gasteiger partial charge in [0, 0.05) is 24.5 Å². The summed E-state index contributed by atoms with van der Waals surface area (Å²) < 4.78 is 27.0. The zero-order chi connectivity index (χ0) is 15.6. The van der Waals surface area contributed by atoms with Gasteiger partial charge in [-0.2, -0.15) is 0 Å². The van der Waals surface area contributed by atoms with E-state index in [0.717, 1.165) is 18.2 Å². The van der Waals surface area contributed by atoms with Crippen LogP contribution in [0.1, 0.15) is 34.0 Å². The predicted octanol–water partition coefficient (Wildman–Crippen LogP) is 3.14. The van der Waals surface area contributed by atoms with Crippen LogP contribution in [-0.2, 0) is 6.54 Å². The molecule has 2 aromatic rings. The molecule has 0 aliphatic rings. The number of hydrogen-bond donors (Lipinski definition) is 1. The molecule has 1 aromatic carbocycles. The molecule has 1 unspecified atom stereocenters. The second-order valence-corrected chi connectivity index (χ2v) is 5.53. The molecule has 0 saturated carbocycles. The van der Waals surface area contributed by atoms with Gasteiger partial charge in [0.2, 0.25) is 0 Å². The number of halogens is 3. The van der Waals surface area contributed by atoms with Crippen LogP contribution in [0.5, 0.6) is 0 Å². The SMILES string of the molecule is CC(c1cc(F)ccc1F)N(C)C(=O)c1csc(CN)n1.Cl. The lowest BCUT2D eigenvalue weighted by atomic mass is 10.1. The van der Waals surface area contributed by atoms with Crippen molar-refractivity contribution in [3.63, 3.8) is 0 Å². The normalized spacial score (nSPS) is 11.7. The average Bonchev–Trinajstić information content (AvgIpc) is 2.96. The zero-order valence-electron chi connectivity index (χ0n) is 12.0. The van der Waals surface area contributed by atoms with Crippen LogP contribution in [0.3, 0.4) is 0 Å². The van der Waals surface area contributed by atoms with Crippen LogP contribution in [-0.4, -0.2) is 22.8 Å². The molecular weight excluding hydrogens is 332 g/mol. The average molecular weight is 348 g/mol. The van der Waals surface area contributed by atoms with Gasteiger partial charge in [0.25, 0.3) is 5.91 Å². The molecule has 1 aromatic heterocycles. The number of carbonyl (C=O) groups is 1. The Bertz CT molecular complexity index is 665. The molecule has 0 fully saturated rings. The van der Waals surface area contributed by atoms with Crippen molar-refractivity contribution < 1.29 is 13.6 Å². The van der Waals surface area contributed by atoms with E-state index >= 15 is 0 Å². The summed E-state index contributed by atoms with van der Waals surface area (Å²) in [5, 5.41) is 2.26. The Hall–Kier alpha value is -1.57. The van der Waals surface area contributed by atoms with Crippen molar-refractivity contribution in [1.29, 1.82) is 0 Å². The fourth-order valence-corrected chi connectivity index (χ4v) is 2.55. The topological polar surface area (TPSA) is 59.2 Å². The van der Waals surface area contributed by atoms with Gasteiger partial charge in [-0.25, -0.2) is 13.8 Å². The fourth-order valence-electron chi connectivity index (χ4n) is 1.90. The Kier molecular flexibility index (Phi) is 6.40. The Balaban J connectivity index is 0.00000242. The molecule has 22 heavy (non-hydrogen) atoms. The molecule has 0 bridgehead atoms. The maximum atomic E-state index is 13.8. The van der Waals surface area contributed by atoms with Crippen LogP contribution >= 0.6 is 23.7 Å². The van der Waals surface area contributed by atoms with E-state index in [2.05, 4.69) is 4.98 Å². The van der Waals surface area contributed by atoms with Crippen molar-refractivity contribution in [2.45, 2.75) is 19.5 Å². The first-order valence-electron chi connectivity index (χ1n) is 6.30. The van der Waals surface area contributed by atoms with Gasteiger partial charge in [-0.1, -0.05) is 0 Å². The number of nitrogens with two attached hydrogens (primary N) is 1. The summed E-state index contributed by atoms with van der Waals surface area (Å²) in [6, 6.07) is 2.57. The molecule has 1 heterocycles. The minimum Gasteiger partial charge on any atom is -0.333 e. The van der Waals surface area contributed by atoms with E-state index in [-0.39, 0.29) is 36.1 Å². The molecule has 0 saturated heterocycles. The minimum atomic E-state index is -0.615. The van der Waals surface area contributed by atoms with Gasteiger partial charge in [0.05, 0.1) is 6.04 Å². The third-order valence-electron chi connectivity index (χ3n) is 3.25. The van der Waals surface area contributed by atoms with Crippen LogP contribution in [0, 0.1) is 11.6 Å². The van der Waals surface area contributed by atoms with Crippen molar-refractivity contribution in [3.8, 4) is 0 Å². The van der Waals surface area contributed by atoms with Gasteiger partial charge >= 0.3 is 0 Å². The Morgan fingerprint density at radius 1 is 1.45 bits per heavy atom. The lowest BCUT2D eigenvalue weighted by Crippen LogP contribution is -2.30.